The molecule has 1 aliphatic rings. The van der Waals surface area contributed by atoms with Crippen molar-refractivity contribution in [2.24, 2.45) is 0 Å². The van der Waals surface area contributed by atoms with E-state index in [9.17, 15) is 14.4 Å². The number of nitrogens with one attached hydrogen (secondary N) is 2. The number of rotatable bonds is 7. The Bertz CT molecular complexity index is 812. The first-order chi connectivity index (χ1) is 14.0. The Morgan fingerprint density at radius 2 is 1.86 bits per heavy atom. The van der Waals surface area contributed by atoms with Gasteiger partial charge >= 0.3 is 0 Å². The van der Waals surface area contributed by atoms with Crippen LogP contribution in [0.5, 0.6) is 0 Å². The van der Waals surface area contributed by atoms with E-state index in [1.54, 1.807) is 13.0 Å². The zero-order valence-corrected chi connectivity index (χ0v) is 16.6. The first-order valence-electron chi connectivity index (χ1n) is 9.98. The number of benzene rings is 1. The van der Waals surface area contributed by atoms with Gasteiger partial charge in [-0.25, -0.2) is 0 Å². The molecule has 1 aromatic carbocycles. The van der Waals surface area contributed by atoms with Crippen molar-refractivity contribution in [3.05, 3.63) is 60.1 Å². The molecule has 2 heterocycles. The fraction of sp³-hybridized carbons (Fsp3) is 0.409. The van der Waals surface area contributed by atoms with Gasteiger partial charge in [0.2, 0.25) is 11.8 Å². The molecule has 2 aromatic rings. The molecule has 1 aromatic heterocycles. The Balaban J connectivity index is 1.38. The number of carbonyl (C=O) groups is 3. The quantitative estimate of drug-likeness (QED) is 0.749. The third kappa shape index (κ3) is 5.94. The van der Waals surface area contributed by atoms with E-state index in [0.717, 1.165) is 12.0 Å². The summed E-state index contributed by atoms with van der Waals surface area (Å²) in [5, 5.41) is 5.63. The van der Waals surface area contributed by atoms with Crippen LogP contribution in [0, 0.1) is 0 Å². The summed E-state index contributed by atoms with van der Waals surface area (Å²) < 4.78 is 4.88. The third-order valence-electron chi connectivity index (χ3n) is 5.19. The van der Waals surface area contributed by atoms with Gasteiger partial charge in [0, 0.05) is 25.6 Å². The first-order valence-corrected chi connectivity index (χ1v) is 9.98. The minimum atomic E-state index is -0.650. The van der Waals surface area contributed by atoms with Gasteiger partial charge in [-0.1, -0.05) is 30.3 Å². The standard InChI is InChI=1S/C22H27N3O4/c1-16(23-22(28)18-11-14-29-15-18)21(27)24-19-9-12-25(13-10-19)20(26)8-7-17-5-3-2-4-6-17/h2-6,11,14-16,19H,7-10,12-13H2,1H3,(H,23,28)(H,24,27). The van der Waals surface area contributed by atoms with Crippen LogP contribution in [0.3, 0.4) is 0 Å². The fourth-order valence-electron chi connectivity index (χ4n) is 3.39. The molecule has 7 nitrogen and oxygen atoms in total. The van der Waals surface area contributed by atoms with Gasteiger partial charge in [0.05, 0.1) is 11.8 Å². The number of amides is 3. The zero-order chi connectivity index (χ0) is 20.6. The topological polar surface area (TPSA) is 91.7 Å². The lowest BCUT2D eigenvalue weighted by atomic mass is 10.0. The number of hydrogen-bond donors (Lipinski definition) is 2. The number of furan rings is 1. The third-order valence-corrected chi connectivity index (χ3v) is 5.19. The highest BCUT2D eigenvalue weighted by Crippen LogP contribution is 2.13. The number of hydrogen-bond acceptors (Lipinski definition) is 4. The number of likely N-dealkylation sites (tertiary alicyclic amines) is 1. The predicted molar refractivity (Wildman–Crippen MR) is 108 cm³/mol. The summed E-state index contributed by atoms with van der Waals surface area (Å²) in [4.78, 5) is 38.7. The van der Waals surface area contributed by atoms with Gasteiger partial charge in [0.15, 0.2) is 0 Å². The molecule has 0 spiro atoms. The Labute approximate surface area is 170 Å². The first kappa shape index (κ1) is 20.6. The van der Waals surface area contributed by atoms with Crippen molar-refractivity contribution in [3.63, 3.8) is 0 Å². The molecule has 1 saturated heterocycles. The van der Waals surface area contributed by atoms with Gasteiger partial charge in [-0.15, -0.1) is 0 Å². The molecule has 2 N–H and O–H groups in total. The minimum absolute atomic E-state index is 0.00829. The zero-order valence-electron chi connectivity index (χ0n) is 16.6. The molecule has 1 atom stereocenters. The molecular weight excluding hydrogens is 370 g/mol. The maximum absolute atomic E-state index is 12.4. The molecule has 0 saturated carbocycles. The molecule has 1 unspecified atom stereocenters. The normalized spacial score (nSPS) is 15.6. The SMILES string of the molecule is CC(NC(=O)c1ccoc1)C(=O)NC1CCN(C(=O)CCc2ccccc2)CC1. The van der Waals surface area contributed by atoms with Crippen LogP contribution >= 0.6 is 0 Å². The minimum Gasteiger partial charge on any atom is -0.472 e. The molecule has 0 bridgehead atoms. The van der Waals surface area contributed by atoms with Crippen molar-refractivity contribution in [1.29, 1.82) is 0 Å². The van der Waals surface area contributed by atoms with Crippen molar-refractivity contribution in [1.82, 2.24) is 15.5 Å². The Morgan fingerprint density at radius 3 is 2.52 bits per heavy atom. The summed E-state index contributed by atoms with van der Waals surface area (Å²) >= 11 is 0. The van der Waals surface area contributed by atoms with Crippen LogP contribution in [0.4, 0.5) is 0 Å². The maximum Gasteiger partial charge on any atom is 0.255 e. The van der Waals surface area contributed by atoms with E-state index in [-0.39, 0.29) is 23.8 Å². The molecule has 0 aliphatic carbocycles. The van der Waals surface area contributed by atoms with E-state index >= 15 is 0 Å². The van der Waals surface area contributed by atoms with Crippen LogP contribution < -0.4 is 10.6 Å². The monoisotopic (exact) mass is 397 g/mol. The van der Waals surface area contributed by atoms with Gasteiger partial charge in [-0.05, 0) is 37.8 Å². The van der Waals surface area contributed by atoms with Gasteiger partial charge in [0.25, 0.3) is 5.91 Å². The average molecular weight is 397 g/mol. The van der Waals surface area contributed by atoms with Crippen LogP contribution in [0.25, 0.3) is 0 Å². The van der Waals surface area contributed by atoms with Crippen molar-refractivity contribution in [2.75, 3.05) is 13.1 Å². The van der Waals surface area contributed by atoms with E-state index in [1.165, 1.54) is 12.5 Å². The lowest BCUT2D eigenvalue weighted by molar-refractivity contribution is -0.132. The van der Waals surface area contributed by atoms with Crippen LogP contribution in [0.1, 0.15) is 42.1 Å². The molecule has 7 heteroatoms. The van der Waals surface area contributed by atoms with Crippen LogP contribution in [-0.2, 0) is 16.0 Å². The van der Waals surface area contributed by atoms with Gasteiger partial charge in [-0.2, -0.15) is 0 Å². The second-order valence-corrected chi connectivity index (χ2v) is 7.36. The molecule has 0 radical (unpaired) electrons. The largest absolute Gasteiger partial charge is 0.472 e. The van der Waals surface area contributed by atoms with E-state index in [2.05, 4.69) is 10.6 Å². The smallest absolute Gasteiger partial charge is 0.255 e. The van der Waals surface area contributed by atoms with Crippen molar-refractivity contribution in [2.45, 2.75) is 44.7 Å². The van der Waals surface area contributed by atoms with Crippen molar-refractivity contribution in [3.8, 4) is 0 Å². The van der Waals surface area contributed by atoms with Gasteiger partial charge < -0.3 is 20.0 Å². The van der Waals surface area contributed by atoms with E-state index in [4.69, 9.17) is 4.42 Å². The highest BCUT2D eigenvalue weighted by molar-refractivity contribution is 5.97. The van der Waals surface area contributed by atoms with Crippen LogP contribution in [0.2, 0.25) is 0 Å². The van der Waals surface area contributed by atoms with Gasteiger partial charge in [0.1, 0.15) is 12.3 Å². The molecule has 1 aliphatic heterocycles. The number of aryl methyl sites for hydroxylation is 1. The Kier molecular flexibility index (Phi) is 7.05. The number of carbonyl (C=O) groups excluding carboxylic acids is 3. The molecule has 3 rings (SSSR count). The molecule has 3 amide bonds. The Hall–Kier alpha value is -3.09. The van der Waals surface area contributed by atoms with Crippen molar-refractivity contribution >= 4 is 17.7 Å². The van der Waals surface area contributed by atoms with Crippen LogP contribution in [-0.4, -0.2) is 47.8 Å². The van der Waals surface area contributed by atoms with E-state index in [1.807, 2.05) is 35.2 Å². The van der Waals surface area contributed by atoms with Crippen molar-refractivity contribution < 1.29 is 18.8 Å². The average Bonchev–Trinajstić information content (AvgIpc) is 3.28. The lowest BCUT2D eigenvalue weighted by Crippen LogP contribution is -2.51. The summed E-state index contributed by atoms with van der Waals surface area (Å²) in [6.07, 6.45) is 5.41. The summed E-state index contributed by atoms with van der Waals surface area (Å²) in [7, 11) is 0. The molecular formula is C22H27N3O4. The van der Waals surface area contributed by atoms with Gasteiger partial charge in [-0.3, -0.25) is 14.4 Å². The second kappa shape index (κ2) is 9.91. The molecule has 29 heavy (non-hydrogen) atoms. The molecule has 1 fully saturated rings. The lowest BCUT2D eigenvalue weighted by Gasteiger charge is -2.33. The predicted octanol–water partition coefficient (Wildman–Crippen LogP) is 2.14. The van der Waals surface area contributed by atoms with E-state index in [0.29, 0.717) is 37.9 Å². The number of piperidine rings is 1. The highest BCUT2D eigenvalue weighted by atomic mass is 16.3. The van der Waals surface area contributed by atoms with E-state index < -0.39 is 6.04 Å². The fourth-order valence-corrected chi connectivity index (χ4v) is 3.39. The second-order valence-electron chi connectivity index (χ2n) is 7.36. The number of nitrogens with zero attached hydrogens (tertiary/aromatic N) is 1. The summed E-state index contributed by atoms with van der Waals surface area (Å²) in [6.45, 7) is 2.91. The van der Waals surface area contributed by atoms with Crippen LogP contribution in [0.15, 0.2) is 53.3 Å². The summed E-state index contributed by atoms with van der Waals surface area (Å²) in [5.41, 5.74) is 1.54. The highest BCUT2D eigenvalue weighted by Gasteiger charge is 2.25. The molecule has 154 valence electrons. The maximum atomic E-state index is 12.4. The Morgan fingerprint density at radius 1 is 1.14 bits per heavy atom. The summed E-state index contributed by atoms with van der Waals surface area (Å²) in [5.74, 6) is -0.421. The summed E-state index contributed by atoms with van der Waals surface area (Å²) in [6, 6.07) is 10.9.